The minimum absolute atomic E-state index is 0.692. The molecule has 2 heteroatoms. The number of piperidine rings is 1. The van der Waals surface area contributed by atoms with E-state index < -0.39 is 0 Å². The highest BCUT2D eigenvalue weighted by atomic mass is 15.2. The van der Waals surface area contributed by atoms with E-state index in [0.29, 0.717) is 6.04 Å². The first kappa shape index (κ1) is 12.4. The molecule has 0 radical (unpaired) electrons. The van der Waals surface area contributed by atoms with Crippen molar-refractivity contribution in [3.05, 3.63) is 0 Å². The summed E-state index contributed by atoms with van der Waals surface area (Å²) in [5.74, 6) is 1.06. The Hall–Kier alpha value is -0.0800. The Kier molecular flexibility index (Phi) is 5.11. The summed E-state index contributed by atoms with van der Waals surface area (Å²) < 4.78 is 0. The van der Waals surface area contributed by atoms with Crippen molar-refractivity contribution in [1.29, 1.82) is 0 Å². The van der Waals surface area contributed by atoms with E-state index in [2.05, 4.69) is 4.90 Å². The van der Waals surface area contributed by atoms with Gasteiger partial charge in [-0.05, 0) is 44.7 Å². The van der Waals surface area contributed by atoms with Crippen molar-refractivity contribution in [3.63, 3.8) is 0 Å². The molecule has 0 aromatic rings. The van der Waals surface area contributed by atoms with Crippen LogP contribution in [-0.2, 0) is 0 Å². The molecule has 1 heterocycles. The van der Waals surface area contributed by atoms with Gasteiger partial charge in [0.15, 0.2) is 0 Å². The second-order valence-electron chi connectivity index (χ2n) is 5.71. The van der Waals surface area contributed by atoms with Gasteiger partial charge >= 0.3 is 0 Å². The molecule has 2 fully saturated rings. The van der Waals surface area contributed by atoms with E-state index in [9.17, 15) is 0 Å². The summed E-state index contributed by atoms with van der Waals surface area (Å²) in [7, 11) is 0. The van der Waals surface area contributed by atoms with Crippen LogP contribution in [0.1, 0.15) is 57.8 Å². The normalized spacial score (nSPS) is 28.7. The first-order valence-corrected chi connectivity index (χ1v) is 7.34. The molecule has 2 N–H and O–H groups in total. The van der Waals surface area contributed by atoms with Crippen LogP contribution < -0.4 is 5.73 Å². The van der Waals surface area contributed by atoms with E-state index in [0.717, 1.165) is 12.5 Å². The predicted molar refractivity (Wildman–Crippen MR) is 69.5 cm³/mol. The Bertz CT molecular complexity index is 187. The van der Waals surface area contributed by atoms with E-state index in [1.165, 1.54) is 70.9 Å². The number of nitrogens with two attached hydrogens (primary N) is 1. The molecule has 0 unspecified atom stereocenters. The van der Waals surface area contributed by atoms with Crippen LogP contribution in [0.25, 0.3) is 0 Å². The van der Waals surface area contributed by atoms with Crippen LogP contribution in [0.5, 0.6) is 0 Å². The summed E-state index contributed by atoms with van der Waals surface area (Å²) >= 11 is 0. The molecule has 0 aromatic heterocycles. The third-order valence-electron chi connectivity index (χ3n) is 4.55. The number of hydrogen-bond donors (Lipinski definition) is 1. The van der Waals surface area contributed by atoms with Gasteiger partial charge < -0.3 is 5.73 Å². The summed E-state index contributed by atoms with van der Waals surface area (Å²) in [5.41, 5.74) is 5.85. The highest BCUT2D eigenvalue weighted by Crippen LogP contribution is 2.28. The molecule has 1 aliphatic carbocycles. The molecule has 16 heavy (non-hydrogen) atoms. The summed E-state index contributed by atoms with van der Waals surface area (Å²) in [5, 5.41) is 0. The fourth-order valence-electron chi connectivity index (χ4n) is 3.50. The molecule has 1 saturated carbocycles. The molecule has 0 bridgehead atoms. The molecule has 2 nitrogen and oxygen atoms in total. The van der Waals surface area contributed by atoms with Gasteiger partial charge in [0.1, 0.15) is 0 Å². The molecule has 0 spiro atoms. The molecule has 0 aromatic carbocycles. The molecule has 2 aliphatic rings. The average Bonchev–Trinajstić information content (AvgIpc) is 2.83. The zero-order chi connectivity index (χ0) is 11.2. The second-order valence-corrected chi connectivity index (χ2v) is 5.71. The first-order chi connectivity index (χ1) is 7.90. The lowest BCUT2D eigenvalue weighted by Crippen LogP contribution is -2.44. The summed E-state index contributed by atoms with van der Waals surface area (Å²) in [6.45, 7) is 3.47. The van der Waals surface area contributed by atoms with Crippen molar-refractivity contribution in [2.75, 3.05) is 19.6 Å². The SMILES string of the molecule is NC[C@@H]1CCCCN1CCCC1CCCC1. The van der Waals surface area contributed by atoms with Crippen molar-refractivity contribution in [1.82, 2.24) is 4.90 Å². The van der Waals surface area contributed by atoms with Crippen molar-refractivity contribution in [3.8, 4) is 0 Å². The molecule has 1 aliphatic heterocycles. The maximum absolute atomic E-state index is 5.85. The largest absolute Gasteiger partial charge is 0.329 e. The molecule has 1 saturated heterocycles. The fraction of sp³-hybridized carbons (Fsp3) is 1.00. The molecule has 2 rings (SSSR count). The molecule has 94 valence electrons. The molecular formula is C14H28N2. The topological polar surface area (TPSA) is 29.3 Å². The molecule has 0 amide bonds. The molecular weight excluding hydrogens is 196 g/mol. The summed E-state index contributed by atoms with van der Waals surface area (Å²) in [6, 6.07) is 0.692. The Balaban J connectivity index is 1.63. The Morgan fingerprint density at radius 1 is 1.00 bits per heavy atom. The first-order valence-electron chi connectivity index (χ1n) is 7.34. The van der Waals surface area contributed by atoms with Crippen LogP contribution in [0.3, 0.4) is 0 Å². The second kappa shape index (κ2) is 6.61. The predicted octanol–water partition coefficient (Wildman–Crippen LogP) is 2.77. The van der Waals surface area contributed by atoms with E-state index in [1.54, 1.807) is 0 Å². The number of hydrogen-bond acceptors (Lipinski definition) is 2. The van der Waals surface area contributed by atoms with Crippen LogP contribution in [0, 0.1) is 5.92 Å². The monoisotopic (exact) mass is 224 g/mol. The third-order valence-corrected chi connectivity index (χ3v) is 4.55. The zero-order valence-electron chi connectivity index (χ0n) is 10.7. The van der Waals surface area contributed by atoms with Gasteiger partial charge in [0.25, 0.3) is 0 Å². The maximum atomic E-state index is 5.85. The van der Waals surface area contributed by atoms with Crippen molar-refractivity contribution in [2.45, 2.75) is 63.8 Å². The highest BCUT2D eigenvalue weighted by molar-refractivity contribution is 4.78. The minimum atomic E-state index is 0.692. The van der Waals surface area contributed by atoms with Gasteiger partial charge in [-0.25, -0.2) is 0 Å². The van der Waals surface area contributed by atoms with Crippen molar-refractivity contribution in [2.24, 2.45) is 11.7 Å². The Labute approximate surface area is 101 Å². The summed E-state index contributed by atoms with van der Waals surface area (Å²) in [4.78, 5) is 2.65. The van der Waals surface area contributed by atoms with Crippen molar-refractivity contribution >= 4 is 0 Å². The Morgan fingerprint density at radius 2 is 1.75 bits per heavy atom. The zero-order valence-corrected chi connectivity index (χ0v) is 10.7. The fourth-order valence-corrected chi connectivity index (χ4v) is 3.50. The van der Waals surface area contributed by atoms with E-state index in [4.69, 9.17) is 5.73 Å². The third kappa shape index (κ3) is 3.46. The number of rotatable bonds is 5. The molecule has 1 atom stereocenters. The van der Waals surface area contributed by atoms with Crippen LogP contribution in [0.4, 0.5) is 0 Å². The number of likely N-dealkylation sites (tertiary alicyclic amines) is 1. The number of nitrogens with zero attached hydrogens (tertiary/aromatic N) is 1. The van der Waals surface area contributed by atoms with Gasteiger partial charge in [-0.1, -0.05) is 32.1 Å². The average molecular weight is 224 g/mol. The lowest BCUT2D eigenvalue weighted by Gasteiger charge is -2.35. The highest BCUT2D eigenvalue weighted by Gasteiger charge is 2.21. The van der Waals surface area contributed by atoms with Gasteiger partial charge in [0, 0.05) is 12.6 Å². The lowest BCUT2D eigenvalue weighted by atomic mass is 9.99. The van der Waals surface area contributed by atoms with Gasteiger partial charge in [-0.2, -0.15) is 0 Å². The van der Waals surface area contributed by atoms with Gasteiger partial charge in [-0.15, -0.1) is 0 Å². The van der Waals surface area contributed by atoms with Crippen LogP contribution >= 0.6 is 0 Å². The standard InChI is InChI=1S/C14H28N2/c15-12-14-9-3-4-10-16(14)11-5-8-13-6-1-2-7-13/h13-14H,1-12,15H2/t14-/m0/s1. The quantitative estimate of drug-likeness (QED) is 0.778. The van der Waals surface area contributed by atoms with Crippen LogP contribution in [-0.4, -0.2) is 30.6 Å². The van der Waals surface area contributed by atoms with Gasteiger partial charge in [0.2, 0.25) is 0 Å². The summed E-state index contributed by atoms with van der Waals surface area (Å²) in [6.07, 6.45) is 13.0. The lowest BCUT2D eigenvalue weighted by molar-refractivity contribution is 0.148. The van der Waals surface area contributed by atoms with E-state index in [1.807, 2.05) is 0 Å². The minimum Gasteiger partial charge on any atom is -0.329 e. The van der Waals surface area contributed by atoms with Crippen LogP contribution in [0.2, 0.25) is 0 Å². The Morgan fingerprint density at radius 3 is 2.50 bits per heavy atom. The van der Waals surface area contributed by atoms with E-state index >= 15 is 0 Å². The van der Waals surface area contributed by atoms with Gasteiger partial charge in [0.05, 0.1) is 0 Å². The smallest absolute Gasteiger partial charge is 0.0218 e. The van der Waals surface area contributed by atoms with E-state index in [-0.39, 0.29) is 0 Å². The maximum Gasteiger partial charge on any atom is 0.0218 e. The van der Waals surface area contributed by atoms with Gasteiger partial charge in [-0.3, -0.25) is 4.90 Å². The van der Waals surface area contributed by atoms with Crippen molar-refractivity contribution < 1.29 is 0 Å². The van der Waals surface area contributed by atoms with Crippen LogP contribution in [0.15, 0.2) is 0 Å².